The molecule has 29 heavy (non-hydrogen) atoms. The molecule has 0 bridgehead atoms. The minimum atomic E-state index is -0.186. The number of esters is 1. The zero-order valence-corrected chi connectivity index (χ0v) is 18.5. The maximum absolute atomic E-state index is 12.5. The second-order valence-corrected chi connectivity index (χ2v) is 8.07. The Labute approximate surface area is 182 Å². The molecule has 1 aliphatic heterocycles. The maximum Gasteiger partial charge on any atom is 0.309 e. The zero-order valence-electron chi connectivity index (χ0n) is 17.0. The number of benzene rings is 1. The van der Waals surface area contributed by atoms with Crippen molar-refractivity contribution in [2.24, 2.45) is 5.92 Å². The van der Waals surface area contributed by atoms with Crippen LogP contribution in [0.1, 0.15) is 38.2 Å². The van der Waals surface area contributed by atoms with E-state index < -0.39 is 0 Å². The highest BCUT2D eigenvalue weighted by atomic mass is 35.5. The van der Waals surface area contributed by atoms with Gasteiger partial charge in [0.25, 0.3) is 0 Å². The smallest absolute Gasteiger partial charge is 0.309 e. The summed E-state index contributed by atoms with van der Waals surface area (Å²) < 4.78 is 5.05. The highest BCUT2D eigenvalue weighted by Crippen LogP contribution is 2.23. The number of carbonyl (C=O) groups is 3. The summed E-state index contributed by atoms with van der Waals surface area (Å²) in [5.41, 5.74) is 1.02. The van der Waals surface area contributed by atoms with Crippen molar-refractivity contribution in [3.8, 4) is 0 Å². The van der Waals surface area contributed by atoms with Crippen LogP contribution in [0.15, 0.2) is 18.2 Å². The van der Waals surface area contributed by atoms with Crippen molar-refractivity contribution >= 4 is 41.0 Å². The lowest BCUT2D eigenvalue weighted by Gasteiger charge is -2.32. The molecule has 0 radical (unpaired) electrons. The zero-order chi connectivity index (χ0) is 21.4. The Balaban J connectivity index is 1.71. The van der Waals surface area contributed by atoms with Gasteiger partial charge in [-0.3, -0.25) is 14.4 Å². The van der Waals surface area contributed by atoms with Crippen molar-refractivity contribution in [3.63, 3.8) is 0 Å². The number of aryl methyl sites for hydroxylation is 1. The van der Waals surface area contributed by atoms with Crippen LogP contribution in [0.2, 0.25) is 10.0 Å². The number of piperidine rings is 1. The second-order valence-electron chi connectivity index (χ2n) is 7.26. The first-order valence-corrected chi connectivity index (χ1v) is 10.7. The standard InChI is InChI=1S/C21H28Cl2N2O4/c1-3-29-21(28)16-9-11-25(12-10-16)20(27)14-24(2)19(26)6-4-5-15-7-8-17(22)18(23)13-15/h7-8,13,16H,3-6,9-12,14H2,1-2H3. The van der Waals surface area contributed by atoms with Gasteiger partial charge in [-0.2, -0.15) is 0 Å². The van der Waals surface area contributed by atoms with Gasteiger partial charge in [-0.25, -0.2) is 0 Å². The Kier molecular flexibility index (Phi) is 9.24. The summed E-state index contributed by atoms with van der Waals surface area (Å²) in [6.07, 6.45) is 2.94. The molecule has 8 heteroatoms. The quantitative estimate of drug-likeness (QED) is 0.577. The minimum absolute atomic E-state index is 0.0513. The van der Waals surface area contributed by atoms with Gasteiger partial charge in [0.15, 0.2) is 0 Å². The average molecular weight is 443 g/mol. The molecule has 1 saturated heterocycles. The van der Waals surface area contributed by atoms with Crippen molar-refractivity contribution < 1.29 is 19.1 Å². The molecular formula is C21H28Cl2N2O4. The summed E-state index contributed by atoms with van der Waals surface area (Å²) >= 11 is 11.9. The fourth-order valence-corrected chi connectivity index (χ4v) is 3.67. The molecule has 1 heterocycles. The Morgan fingerprint density at radius 3 is 2.48 bits per heavy atom. The molecule has 2 amide bonds. The molecule has 0 aromatic heterocycles. The number of rotatable bonds is 8. The van der Waals surface area contributed by atoms with Gasteiger partial charge in [0, 0.05) is 26.6 Å². The number of likely N-dealkylation sites (N-methyl/N-ethyl adjacent to an activating group) is 1. The molecule has 0 atom stereocenters. The van der Waals surface area contributed by atoms with E-state index in [0.29, 0.717) is 61.8 Å². The van der Waals surface area contributed by atoms with E-state index in [1.54, 1.807) is 24.9 Å². The molecular weight excluding hydrogens is 415 g/mol. The van der Waals surface area contributed by atoms with E-state index in [1.165, 1.54) is 4.90 Å². The molecule has 1 fully saturated rings. The van der Waals surface area contributed by atoms with Crippen LogP contribution in [-0.2, 0) is 25.5 Å². The van der Waals surface area contributed by atoms with Gasteiger partial charge < -0.3 is 14.5 Å². The number of hydrogen-bond donors (Lipinski definition) is 0. The Hall–Kier alpha value is -1.79. The van der Waals surface area contributed by atoms with Crippen LogP contribution in [0.4, 0.5) is 0 Å². The van der Waals surface area contributed by atoms with Gasteiger partial charge in [-0.05, 0) is 50.3 Å². The number of nitrogens with zero attached hydrogens (tertiary/aromatic N) is 2. The molecule has 1 aromatic carbocycles. The Morgan fingerprint density at radius 2 is 1.86 bits per heavy atom. The van der Waals surface area contributed by atoms with E-state index in [0.717, 1.165) is 5.56 Å². The van der Waals surface area contributed by atoms with Crippen molar-refractivity contribution in [2.45, 2.75) is 39.0 Å². The monoisotopic (exact) mass is 442 g/mol. The highest BCUT2D eigenvalue weighted by Gasteiger charge is 2.28. The average Bonchev–Trinajstić information content (AvgIpc) is 2.70. The summed E-state index contributed by atoms with van der Waals surface area (Å²) in [6.45, 7) is 3.24. The minimum Gasteiger partial charge on any atom is -0.466 e. The fraction of sp³-hybridized carbons (Fsp3) is 0.571. The lowest BCUT2D eigenvalue weighted by molar-refractivity contribution is -0.151. The number of hydrogen-bond acceptors (Lipinski definition) is 4. The molecule has 160 valence electrons. The summed E-state index contributed by atoms with van der Waals surface area (Å²) in [5, 5.41) is 1.01. The van der Waals surface area contributed by atoms with Crippen LogP contribution >= 0.6 is 23.2 Å². The van der Waals surface area contributed by atoms with Gasteiger partial charge in [0.1, 0.15) is 0 Å². The molecule has 0 unspecified atom stereocenters. The van der Waals surface area contributed by atoms with Crippen LogP contribution < -0.4 is 0 Å². The van der Waals surface area contributed by atoms with E-state index in [-0.39, 0.29) is 30.2 Å². The number of carbonyl (C=O) groups excluding carboxylic acids is 3. The summed E-state index contributed by atoms with van der Waals surface area (Å²) in [4.78, 5) is 39.8. The molecule has 0 saturated carbocycles. The van der Waals surface area contributed by atoms with Gasteiger partial charge in [0.05, 0.1) is 29.1 Å². The predicted molar refractivity (Wildman–Crippen MR) is 113 cm³/mol. The predicted octanol–water partition coefficient (Wildman–Crippen LogP) is 3.58. The highest BCUT2D eigenvalue weighted by molar-refractivity contribution is 6.42. The second kappa shape index (κ2) is 11.4. The van der Waals surface area contributed by atoms with Gasteiger partial charge in [-0.15, -0.1) is 0 Å². The van der Waals surface area contributed by atoms with Crippen molar-refractivity contribution in [1.82, 2.24) is 9.80 Å². The summed E-state index contributed by atoms with van der Waals surface area (Å²) in [6, 6.07) is 5.45. The maximum atomic E-state index is 12.5. The van der Waals surface area contributed by atoms with Gasteiger partial charge in [0.2, 0.25) is 11.8 Å². The van der Waals surface area contributed by atoms with Crippen molar-refractivity contribution in [1.29, 1.82) is 0 Å². The van der Waals surface area contributed by atoms with Crippen LogP contribution in [0.3, 0.4) is 0 Å². The lowest BCUT2D eigenvalue weighted by Crippen LogP contribution is -2.45. The molecule has 6 nitrogen and oxygen atoms in total. The van der Waals surface area contributed by atoms with Crippen LogP contribution in [-0.4, -0.2) is 60.9 Å². The fourth-order valence-electron chi connectivity index (χ4n) is 3.35. The number of halogens is 2. The van der Waals surface area contributed by atoms with Gasteiger partial charge >= 0.3 is 5.97 Å². The molecule has 2 rings (SSSR count). The molecule has 0 aliphatic carbocycles. The SMILES string of the molecule is CCOC(=O)C1CCN(C(=O)CN(C)C(=O)CCCc2ccc(Cl)c(Cl)c2)CC1. The molecule has 0 N–H and O–H groups in total. The molecule has 1 aromatic rings. The van der Waals surface area contributed by atoms with E-state index in [1.807, 2.05) is 12.1 Å². The van der Waals surface area contributed by atoms with Crippen molar-refractivity contribution in [3.05, 3.63) is 33.8 Å². The summed E-state index contributed by atoms with van der Waals surface area (Å²) in [7, 11) is 1.64. The normalized spacial score (nSPS) is 14.6. The molecule has 0 spiro atoms. The van der Waals surface area contributed by atoms with Crippen LogP contribution in [0.25, 0.3) is 0 Å². The largest absolute Gasteiger partial charge is 0.466 e. The first kappa shape index (κ1) is 23.5. The first-order chi connectivity index (χ1) is 13.8. The summed E-state index contributed by atoms with van der Waals surface area (Å²) in [5.74, 6) is -0.485. The van der Waals surface area contributed by atoms with E-state index in [2.05, 4.69) is 0 Å². The van der Waals surface area contributed by atoms with E-state index >= 15 is 0 Å². The number of ether oxygens (including phenoxy) is 1. The third kappa shape index (κ3) is 7.19. The molecule has 1 aliphatic rings. The lowest BCUT2D eigenvalue weighted by atomic mass is 9.97. The number of amides is 2. The van der Waals surface area contributed by atoms with E-state index in [4.69, 9.17) is 27.9 Å². The third-order valence-corrected chi connectivity index (χ3v) is 5.84. The third-order valence-electron chi connectivity index (χ3n) is 5.11. The Morgan fingerprint density at radius 1 is 1.17 bits per heavy atom. The first-order valence-electron chi connectivity index (χ1n) is 9.94. The number of likely N-dealkylation sites (tertiary alicyclic amines) is 1. The Bertz CT molecular complexity index is 733. The van der Waals surface area contributed by atoms with E-state index in [9.17, 15) is 14.4 Å². The van der Waals surface area contributed by atoms with Crippen LogP contribution in [0, 0.1) is 5.92 Å². The van der Waals surface area contributed by atoms with Gasteiger partial charge in [-0.1, -0.05) is 29.3 Å². The topological polar surface area (TPSA) is 66.9 Å². The van der Waals surface area contributed by atoms with Crippen molar-refractivity contribution in [2.75, 3.05) is 33.3 Å². The van der Waals surface area contributed by atoms with Crippen LogP contribution in [0.5, 0.6) is 0 Å².